The lowest BCUT2D eigenvalue weighted by atomic mass is 10.1. The molecule has 2 nitrogen and oxygen atoms in total. The number of esters is 1. The molecule has 1 atom stereocenters. The van der Waals surface area contributed by atoms with E-state index in [4.69, 9.17) is 4.74 Å². The predicted molar refractivity (Wildman–Crippen MR) is 45.4 cm³/mol. The third-order valence-corrected chi connectivity index (χ3v) is 1.67. The Kier molecular flexibility index (Phi) is 5.90. The summed E-state index contributed by atoms with van der Waals surface area (Å²) in [4.78, 5) is 10.6. The van der Waals surface area contributed by atoms with Gasteiger partial charge in [-0.25, -0.2) is 0 Å². The summed E-state index contributed by atoms with van der Waals surface area (Å²) in [5.41, 5.74) is 0. The van der Waals surface area contributed by atoms with Crippen molar-refractivity contribution in [3.05, 3.63) is 0 Å². The van der Waals surface area contributed by atoms with Gasteiger partial charge in [-0.05, 0) is 12.8 Å². The van der Waals surface area contributed by atoms with Crippen LogP contribution in [0, 0.1) is 0 Å². The maximum atomic E-state index is 10.6. The van der Waals surface area contributed by atoms with Crippen LogP contribution in [0.4, 0.5) is 0 Å². The Morgan fingerprint density at radius 1 is 1.45 bits per heavy atom. The molecule has 0 aliphatic heterocycles. The van der Waals surface area contributed by atoms with Crippen LogP contribution in [0.2, 0.25) is 0 Å². The van der Waals surface area contributed by atoms with Gasteiger partial charge in [-0.3, -0.25) is 4.79 Å². The smallest absolute Gasteiger partial charge is 0.302 e. The number of hydrogen-bond donors (Lipinski definition) is 0. The highest BCUT2D eigenvalue weighted by molar-refractivity contribution is 5.66. The molecule has 0 heterocycles. The summed E-state index contributed by atoms with van der Waals surface area (Å²) in [6, 6.07) is 0. The molecule has 0 aliphatic rings. The molecule has 0 saturated heterocycles. The molecule has 0 radical (unpaired) electrons. The van der Waals surface area contributed by atoms with Crippen LogP contribution in [-0.4, -0.2) is 12.1 Å². The second kappa shape index (κ2) is 6.20. The fourth-order valence-corrected chi connectivity index (χ4v) is 1.01. The Labute approximate surface area is 68.9 Å². The topological polar surface area (TPSA) is 26.3 Å². The summed E-state index contributed by atoms with van der Waals surface area (Å²) >= 11 is 0. The Hall–Kier alpha value is -0.530. The average Bonchev–Trinajstić information content (AvgIpc) is 1.97. The summed E-state index contributed by atoms with van der Waals surface area (Å²) in [5, 5.41) is 0. The number of unbranched alkanes of at least 4 members (excludes halogenated alkanes) is 1. The molecule has 0 N–H and O–H groups in total. The molecule has 2 heteroatoms. The number of carbonyl (C=O) groups excluding carboxylic acids is 1. The second-order valence-electron chi connectivity index (χ2n) is 2.78. The molecule has 0 spiro atoms. The first-order chi connectivity index (χ1) is 5.20. The van der Waals surface area contributed by atoms with E-state index in [1.54, 1.807) is 0 Å². The fraction of sp³-hybridized carbons (Fsp3) is 0.889. The molecule has 0 aromatic heterocycles. The van der Waals surface area contributed by atoms with Crippen LogP contribution in [0.3, 0.4) is 0 Å². The van der Waals surface area contributed by atoms with E-state index in [9.17, 15) is 4.79 Å². The van der Waals surface area contributed by atoms with Crippen molar-refractivity contribution in [2.45, 2.75) is 52.6 Å². The van der Waals surface area contributed by atoms with Gasteiger partial charge in [0.2, 0.25) is 0 Å². The fourth-order valence-electron chi connectivity index (χ4n) is 1.01. The molecule has 0 aromatic rings. The molecule has 0 saturated carbocycles. The first-order valence-corrected chi connectivity index (χ1v) is 4.37. The summed E-state index contributed by atoms with van der Waals surface area (Å²) in [6.45, 7) is 5.65. The Bertz CT molecular complexity index is 110. The number of rotatable bonds is 5. The average molecular weight is 158 g/mol. The van der Waals surface area contributed by atoms with Crippen molar-refractivity contribution in [2.24, 2.45) is 0 Å². The lowest BCUT2D eigenvalue weighted by molar-refractivity contribution is -0.146. The molecule has 0 aliphatic carbocycles. The summed E-state index contributed by atoms with van der Waals surface area (Å²) in [5.74, 6) is -0.159. The van der Waals surface area contributed by atoms with E-state index in [-0.39, 0.29) is 12.1 Å². The molecular formula is C9H18O2. The van der Waals surface area contributed by atoms with Gasteiger partial charge in [0.15, 0.2) is 0 Å². The molecule has 66 valence electrons. The van der Waals surface area contributed by atoms with Crippen molar-refractivity contribution in [1.82, 2.24) is 0 Å². The number of ether oxygens (including phenoxy) is 1. The van der Waals surface area contributed by atoms with Crippen molar-refractivity contribution in [2.75, 3.05) is 0 Å². The summed E-state index contributed by atoms with van der Waals surface area (Å²) < 4.78 is 5.06. The van der Waals surface area contributed by atoms with E-state index in [1.165, 1.54) is 6.92 Å². The van der Waals surface area contributed by atoms with Crippen LogP contribution in [0.15, 0.2) is 0 Å². The molecule has 0 bridgehead atoms. The maximum Gasteiger partial charge on any atom is 0.302 e. The van der Waals surface area contributed by atoms with E-state index in [0.29, 0.717) is 0 Å². The molecular weight excluding hydrogens is 140 g/mol. The Balaban J connectivity index is 3.49. The lowest BCUT2D eigenvalue weighted by Crippen LogP contribution is -2.14. The van der Waals surface area contributed by atoms with Gasteiger partial charge in [0.1, 0.15) is 6.10 Å². The third-order valence-electron chi connectivity index (χ3n) is 1.67. The zero-order valence-electron chi connectivity index (χ0n) is 7.72. The number of hydrogen-bond acceptors (Lipinski definition) is 2. The van der Waals surface area contributed by atoms with E-state index in [1.807, 2.05) is 6.92 Å². The normalized spacial score (nSPS) is 12.6. The van der Waals surface area contributed by atoms with Crippen LogP contribution < -0.4 is 0 Å². The van der Waals surface area contributed by atoms with Crippen LogP contribution in [0.25, 0.3) is 0 Å². The zero-order valence-corrected chi connectivity index (χ0v) is 7.72. The van der Waals surface area contributed by atoms with Gasteiger partial charge in [-0.1, -0.05) is 26.7 Å². The molecule has 0 unspecified atom stereocenters. The van der Waals surface area contributed by atoms with Crippen LogP contribution in [0.1, 0.15) is 46.5 Å². The molecule has 0 rings (SSSR count). The van der Waals surface area contributed by atoms with Crippen molar-refractivity contribution >= 4 is 5.97 Å². The SMILES string of the molecule is CCCC[C@@H](CC)OC(C)=O. The molecule has 0 fully saturated rings. The van der Waals surface area contributed by atoms with Crippen LogP contribution >= 0.6 is 0 Å². The highest BCUT2D eigenvalue weighted by Gasteiger charge is 2.07. The predicted octanol–water partition coefficient (Wildman–Crippen LogP) is 2.52. The summed E-state index contributed by atoms with van der Waals surface area (Å²) in [6.07, 6.45) is 4.39. The second-order valence-corrected chi connectivity index (χ2v) is 2.78. The Morgan fingerprint density at radius 2 is 2.09 bits per heavy atom. The lowest BCUT2D eigenvalue weighted by Gasteiger charge is -2.13. The standard InChI is InChI=1S/C9H18O2/c1-4-6-7-9(5-2)11-8(3)10/h9H,4-7H2,1-3H3/t9-/m1/s1. The highest BCUT2D eigenvalue weighted by Crippen LogP contribution is 2.08. The minimum Gasteiger partial charge on any atom is -0.463 e. The van der Waals surface area contributed by atoms with E-state index in [2.05, 4.69) is 6.92 Å². The van der Waals surface area contributed by atoms with E-state index in [0.717, 1.165) is 25.7 Å². The van der Waals surface area contributed by atoms with E-state index >= 15 is 0 Å². The van der Waals surface area contributed by atoms with Crippen LogP contribution in [0.5, 0.6) is 0 Å². The number of carbonyl (C=O) groups is 1. The largest absolute Gasteiger partial charge is 0.463 e. The molecule has 0 aromatic carbocycles. The van der Waals surface area contributed by atoms with Gasteiger partial charge >= 0.3 is 5.97 Å². The minimum absolute atomic E-state index is 0.146. The van der Waals surface area contributed by atoms with Crippen molar-refractivity contribution < 1.29 is 9.53 Å². The van der Waals surface area contributed by atoms with Gasteiger partial charge < -0.3 is 4.74 Å². The first kappa shape index (κ1) is 10.5. The van der Waals surface area contributed by atoms with Crippen molar-refractivity contribution in [1.29, 1.82) is 0 Å². The zero-order chi connectivity index (χ0) is 8.69. The quantitative estimate of drug-likeness (QED) is 0.575. The third kappa shape index (κ3) is 5.89. The minimum atomic E-state index is -0.159. The van der Waals surface area contributed by atoms with Gasteiger partial charge in [0, 0.05) is 6.92 Å². The first-order valence-electron chi connectivity index (χ1n) is 4.37. The molecule has 0 amide bonds. The Morgan fingerprint density at radius 3 is 2.45 bits per heavy atom. The highest BCUT2D eigenvalue weighted by atomic mass is 16.5. The van der Waals surface area contributed by atoms with Crippen molar-refractivity contribution in [3.63, 3.8) is 0 Å². The van der Waals surface area contributed by atoms with E-state index < -0.39 is 0 Å². The van der Waals surface area contributed by atoms with Crippen molar-refractivity contribution in [3.8, 4) is 0 Å². The maximum absolute atomic E-state index is 10.6. The van der Waals surface area contributed by atoms with Gasteiger partial charge in [0.05, 0.1) is 0 Å². The van der Waals surface area contributed by atoms with Gasteiger partial charge in [-0.15, -0.1) is 0 Å². The molecule has 11 heavy (non-hydrogen) atoms. The monoisotopic (exact) mass is 158 g/mol. The van der Waals surface area contributed by atoms with Crippen LogP contribution in [-0.2, 0) is 9.53 Å². The van der Waals surface area contributed by atoms with Gasteiger partial charge in [-0.2, -0.15) is 0 Å². The van der Waals surface area contributed by atoms with Gasteiger partial charge in [0.25, 0.3) is 0 Å². The summed E-state index contributed by atoms with van der Waals surface area (Å²) in [7, 11) is 0.